The van der Waals surface area contributed by atoms with Gasteiger partial charge >= 0.3 is 6.03 Å². The Hall–Kier alpha value is -1.83. The molecule has 2 aliphatic heterocycles. The number of aromatic nitrogens is 1. The molecule has 0 radical (unpaired) electrons. The Kier molecular flexibility index (Phi) is 5.28. The van der Waals surface area contributed by atoms with Gasteiger partial charge in [0.05, 0.1) is 12.6 Å². The summed E-state index contributed by atoms with van der Waals surface area (Å²) in [5, 5.41) is 3.63. The number of ether oxygens (including phenoxy) is 1. The molecule has 2 fully saturated rings. The van der Waals surface area contributed by atoms with Crippen LogP contribution in [0, 0.1) is 0 Å². The molecule has 1 aromatic carbocycles. The van der Waals surface area contributed by atoms with E-state index in [1.165, 1.54) is 0 Å². The number of nitrogens with one attached hydrogen (secondary N) is 1. The van der Waals surface area contributed by atoms with E-state index in [0.29, 0.717) is 37.1 Å². The molecule has 1 N–H and O–H groups in total. The molecule has 0 saturated carbocycles. The van der Waals surface area contributed by atoms with Crippen LogP contribution >= 0.6 is 11.6 Å². The monoisotopic (exact) mass is 378 g/mol. The van der Waals surface area contributed by atoms with Gasteiger partial charge in [0.2, 0.25) is 5.89 Å². The molecular formula is C18H23ClN4O3. The molecule has 7 nitrogen and oxygen atoms in total. The Balaban J connectivity index is 1.25. The molecule has 1 aromatic heterocycles. The Labute approximate surface area is 157 Å². The third kappa shape index (κ3) is 4.11. The van der Waals surface area contributed by atoms with E-state index < -0.39 is 0 Å². The van der Waals surface area contributed by atoms with E-state index in [0.717, 1.165) is 43.6 Å². The van der Waals surface area contributed by atoms with Crippen molar-refractivity contribution in [3.8, 4) is 0 Å². The quantitative estimate of drug-likeness (QED) is 0.885. The van der Waals surface area contributed by atoms with Crippen LogP contribution in [0.1, 0.15) is 18.7 Å². The lowest BCUT2D eigenvalue weighted by molar-refractivity contribution is 0.103. The first-order valence-corrected chi connectivity index (χ1v) is 9.47. The highest BCUT2D eigenvalue weighted by atomic mass is 35.5. The van der Waals surface area contributed by atoms with Gasteiger partial charge in [-0.25, -0.2) is 9.78 Å². The number of hydrogen-bond acceptors (Lipinski definition) is 5. The van der Waals surface area contributed by atoms with Crippen LogP contribution in [0.15, 0.2) is 22.6 Å². The Morgan fingerprint density at radius 3 is 2.92 bits per heavy atom. The average molecular weight is 379 g/mol. The molecular weight excluding hydrogens is 356 g/mol. The number of halogens is 1. The third-order valence-corrected chi connectivity index (χ3v) is 5.15. The summed E-state index contributed by atoms with van der Waals surface area (Å²) < 4.78 is 11.3. The number of amides is 2. The highest BCUT2D eigenvalue weighted by Gasteiger charge is 2.23. The molecule has 26 heavy (non-hydrogen) atoms. The SMILES string of the molecule is O=C(NC[C@H]1CCCO1)N1CCN(Cc2nc3cc(Cl)ccc3o2)CC1. The summed E-state index contributed by atoms with van der Waals surface area (Å²) >= 11 is 5.99. The number of urea groups is 1. The van der Waals surface area contributed by atoms with Gasteiger partial charge in [-0.3, -0.25) is 4.90 Å². The third-order valence-electron chi connectivity index (χ3n) is 4.92. The summed E-state index contributed by atoms with van der Waals surface area (Å²) in [4.78, 5) is 20.9. The molecule has 2 saturated heterocycles. The highest BCUT2D eigenvalue weighted by Crippen LogP contribution is 2.21. The van der Waals surface area contributed by atoms with E-state index in [4.69, 9.17) is 20.8 Å². The zero-order valence-electron chi connectivity index (χ0n) is 14.6. The lowest BCUT2D eigenvalue weighted by Gasteiger charge is -2.34. The molecule has 2 aliphatic rings. The van der Waals surface area contributed by atoms with Crippen molar-refractivity contribution >= 4 is 28.7 Å². The van der Waals surface area contributed by atoms with Gasteiger partial charge in [-0.2, -0.15) is 0 Å². The number of hydrogen-bond donors (Lipinski definition) is 1. The lowest BCUT2D eigenvalue weighted by atomic mass is 10.2. The molecule has 0 aliphatic carbocycles. The summed E-state index contributed by atoms with van der Waals surface area (Å²) in [6.07, 6.45) is 2.29. The molecule has 0 unspecified atom stereocenters. The summed E-state index contributed by atoms with van der Waals surface area (Å²) in [5.74, 6) is 0.679. The molecule has 4 rings (SSSR count). The van der Waals surface area contributed by atoms with Gasteiger partial charge in [0, 0.05) is 44.4 Å². The fourth-order valence-corrected chi connectivity index (χ4v) is 3.60. The zero-order chi connectivity index (χ0) is 17.9. The topological polar surface area (TPSA) is 70.8 Å². The van der Waals surface area contributed by atoms with E-state index in [-0.39, 0.29) is 12.1 Å². The van der Waals surface area contributed by atoms with Crippen LogP contribution in [0.25, 0.3) is 11.1 Å². The van der Waals surface area contributed by atoms with Crippen LogP contribution < -0.4 is 5.32 Å². The number of piperazine rings is 1. The summed E-state index contributed by atoms with van der Waals surface area (Å²) in [7, 11) is 0. The zero-order valence-corrected chi connectivity index (χ0v) is 15.4. The number of carbonyl (C=O) groups is 1. The summed E-state index contributed by atoms with van der Waals surface area (Å²) in [5.41, 5.74) is 1.52. The molecule has 0 spiro atoms. The Bertz CT molecular complexity index is 767. The van der Waals surface area contributed by atoms with Gasteiger partial charge in [-0.15, -0.1) is 0 Å². The number of oxazole rings is 1. The minimum atomic E-state index is -0.00310. The van der Waals surface area contributed by atoms with E-state index in [1.807, 2.05) is 11.0 Å². The van der Waals surface area contributed by atoms with E-state index in [2.05, 4.69) is 15.2 Å². The second-order valence-corrected chi connectivity index (χ2v) is 7.24. The first kappa shape index (κ1) is 17.6. The molecule has 1 atom stereocenters. The first-order valence-electron chi connectivity index (χ1n) is 9.09. The minimum absolute atomic E-state index is 0.00310. The van der Waals surface area contributed by atoms with E-state index >= 15 is 0 Å². The van der Waals surface area contributed by atoms with Gasteiger partial charge in [-0.05, 0) is 31.0 Å². The van der Waals surface area contributed by atoms with Gasteiger partial charge in [0.1, 0.15) is 5.52 Å². The second kappa shape index (κ2) is 7.82. The number of carbonyl (C=O) groups excluding carboxylic acids is 1. The van der Waals surface area contributed by atoms with Crippen molar-refractivity contribution in [1.29, 1.82) is 0 Å². The maximum atomic E-state index is 12.3. The normalized spacial score (nSPS) is 21.4. The molecule has 2 amide bonds. The minimum Gasteiger partial charge on any atom is -0.439 e. The highest BCUT2D eigenvalue weighted by molar-refractivity contribution is 6.31. The number of benzene rings is 1. The van der Waals surface area contributed by atoms with Gasteiger partial charge in [0.25, 0.3) is 0 Å². The van der Waals surface area contributed by atoms with Crippen LogP contribution in [0.5, 0.6) is 0 Å². The molecule has 140 valence electrons. The molecule has 8 heteroatoms. The maximum Gasteiger partial charge on any atom is 0.317 e. The van der Waals surface area contributed by atoms with Crippen molar-refractivity contribution in [2.45, 2.75) is 25.5 Å². The van der Waals surface area contributed by atoms with E-state index in [9.17, 15) is 4.79 Å². The molecule has 0 bridgehead atoms. The van der Waals surface area contributed by atoms with Gasteiger partial charge in [-0.1, -0.05) is 11.6 Å². The predicted molar refractivity (Wildman–Crippen MR) is 98.2 cm³/mol. The fourth-order valence-electron chi connectivity index (χ4n) is 3.43. The lowest BCUT2D eigenvalue weighted by Crippen LogP contribution is -2.52. The molecule has 2 aromatic rings. The second-order valence-electron chi connectivity index (χ2n) is 6.80. The summed E-state index contributed by atoms with van der Waals surface area (Å²) in [6, 6.07) is 5.44. The van der Waals surface area contributed by atoms with Gasteiger partial charge < -0.3 is 19.4 Å². The van der Waals surface area contributed by atoms with Crippen LogP contribution in [-0.4, -0.2) is 66.2 Å². The van der Waals surface area contributed by atoms with Crippen LogP contribution in [0.4, 0.5) is 4.79 Å². The standard InChI is InChI=1S/C18H23ClN4O3/c19-13-3-4-16-15(10-13)21-17(26-16)12-22-5-7-23(8-6-22)18(24)20-11-14-2-1-9-25-14/h3-4,10,14H,1-2,5-9,11-12H2,(H,20,24)/t14-/m1/s1. The van der Waals surface area contributed by atoms with Crippen molar-refractivity contribution in [2.75, 3.05) is 39.3 Å². The number of nitrogens with zero attached hydrogens (tertiary/aromatic N) is 3. The molecule has 3 heterocycles. The van der Waals surface area contributed by atoms with Crippen molar-refractivity contribution in [2.24, 2.45) is 0 Å². The van der Waals surface area contributed by atoms with Crippen LogP contribution in [0.2, 0.25) is 5.02 Å². The fraction of sp³-hybridized carbons (Fsp3) is 0.556. The maximum absolute atomic E-state index is 12.3. The smallest absolute Gasteiger partial charge is 0.317 e. The van der Waals surface area contributed by atoms with Crippen molar-refractivity contribution in [3.63, 3.8) is 0 Å². The Morgan fingerprint density at radius 2 is 2.15 bits per heavy atom. The summed E-state index contributed by atoms with van der Waals surface area (Å²) in [6.45, 7) is 5.04. The predicted octanol–water partition coefficient (Wildman–Crippen LogP) is 2.49. The first-order chi connectivity index (χ1) is 12.7. The van der Waals surface area contributed by atoms with Crippen LogP contribution in [0.3, 0.4) is 0 Å². The average Bonchev–Trinajstić information content (AvgIpc) is 3.29. The number of fused-ring (bicyclic) bond motifs is 1. The van der Waals surface area contributed by atoms with Gasteiger partial charge in [0.15, 0.2) is 5.58 Å². The largest absolute Gasteiger partial charge is 0.439 e. The van der Waals surface area contributed by atoms with Crippen molar-refractivity contribution in [3.05, 3.63) is 29.1 Å². The van der Waals surface area contributed by atoms with Crippen LogP contribution in [-0.2, 0) is 11.3 Å². The van der Waals surface area contributed by atoms with Crippen molar-refractivity contribution in [1.82, 2.24) is 20.1 Å². The Morgan fingerprint density at radius 1 is 1.31 bits per heavy atom. The van der Waals surface area contributed by atoms with E-state index in [1.54, 1.807) is 12.1 Å². The number of rotatable bonds is 4. The van der Waals surface area contributed by atoms with Crippen molar-refractivity contribution < 1.29 is 13.9 Å².